The molecule has 2 unspecified atom stereocenters. The van der Waals surface area contributed by atoms with Crippen LogP contribution >= 0.6 is 0 Å². The highest BCUT2D eigenvalue weighted by atomic mass is 16.7. The lowest BCUT2D eigenvalue weighted by atomic mass is 9.82. The SMILES string of the molecule is CCOC(=O)C1CC1Cn1cc(B2OC(C)(C)C(C)(C)O2)cn1. The number of carbonyl (C=O) groups is 1. The summed E-state index contributed by atoms with van der Waals surface area (Å²) in [5.74, 6) is 0.260. The summed E-state index contributed by atoms with van der Waals surface area (Å²) in [5, 5.41) is 4.38. The molecule has 2 atom stereocenters. The number of hydrogen-bond donors (Lipinski definition) is 0. The first-order valence-corrected chi connectivity index (χ1v) is 8.28. The summed E-state index contributed by atoms with van der Waals surface area (Å²) >= 11 is 0. The van der Waals surface area contributed by atoms with Crippen LogP contribution in [0.2, 0.25) is 0 Å². The molecule has 7 heteroatoms. The molecule has 0 N–H and O–H groups in total. The van der Waals surface area contributed by atoms with E-state index >= 15 is 0 Å². The first kappa shape index (κ1) is 16.5. The van der Waals surface area contributed by atoms with Gasteiger partial charge in [-0.1, -0.05) is 0 Å². The minimum Gasteiger partial charge on any atom is -0.466 e. The lowest BCUT2D eigenvalue weighted by Gasteiger charge is -2.32. The molecule has 1 saturated heterocycles. The van der Waals surface area contributed by atoms with Crippen LogP contribution in [0.4, 0.5) is 0 Å². The zero-order valence-electron chi connectivity index (χ0n) is 14.5. The van der Waals surface area contributed by atoms with Gasteiger partial charge in [0, 0.05) is 24.4 Å². The molecule has 126 valence electrons. The van der Waals surface area contributed by atoms with Crippen molar-refractivity contribution >= 4 is 18.6 Å². The van der Waals surface area contributed by atoms with E-state index < -0.39 is 7.12 Å². The van der Waals surface area contributed by atoms with Crippen LogP contribution in [-0.4, -0.2) is 40.7 Å². The normalized spacial score (nSPS) is 28.0. The standard InChI is InChI=1S/C16H25BN2O4/c1-6-21-14(20)13-7-11(13)9-19-10-12(8-18-19)17-22-15(2,3)16(4,5)23-17/h8,10-11,13H,6-7,9H2,1-5H3. The van der Waals surface area contributed by atoms with Crippen molar-refractivity contribution in [2.24, 2.45) is 11.8 Å². The van der Waals surface area contributed by atoms with Crippen molar-refractivity contribution in [3.63, 3.8) is 0 Å². The van der Waals surface area contributed by atoms with Gasteiger partial charge in [0.05, 0.1) is 23.7 Å². The van der Waals surface area contributed by atoms with Gasteiger partial charge in [-0.2, -0.15) is 5.10 Å². The molecule has 2 aliphatic rings. The second-order valence-corrected chi connectivity index (χ2v) is 7.44. The van der Waals surface area contributed by atoms with E-state index in [1.54, 1.807) is 6.20 Å². The fraction of sp³-hybridized carbons (Fsp3) is 0.750. The van der Waals surface area contributed by atoms with Gasteiger partial charge in [-0.25, -0.2) is 0 Å². The number of nitrogens with zero attached hydrogens (tertiary/aromatic N) is 2. The van der Waals surface area contributed by atoms with E-state index in [1.165, 1.54) is 0 Å². The van der Waals surface area contributed by atoms with E-state index in [0.717, 1.165) is 18.4 Å². The Bertz CT molecular complexity index is 583. The zero-order chi connectivity index (χ0) is 16.8. The molecule has 0 amide bonds. The molecule has 23 heavy (non-hydrogen) atoms. The van der Waals surface area contributed by atoms with Crippen molar-refractivity contribution in [3.05, 3.63) is 12.4 Å². The topological polar surface area (TPSA) is 62.6 Å². The first-order chi connectivity index (χ1) is 10.7. The zero-order valence-corrected chi connectivity index (χ0v) is 14.5. The molecule has 1 saturated carbocycles. The van der Waals surface area contributed by atoms with E-state index in [0.29, 0.717) is 12.5 Å². The number of hydrogen-bond acceptors (Lipinski definition) is 5. The third kappa shape index (κ3) is 3.17. The van der Waals surface area contributed by atoms with Crippen LogP contribution in [0.1, 0.15) is 41.0 Å². The van der Waals surface area contributed by atoms with Crippen LogP contribution < -0.4 is 5.46 Å². The second kappa shape index (κ2) is 5.63. The van der Waals surface area contributed by atoms with Gasteiger partial charge in [0.1, 0.15) is 0 Å². The number of ether oxygens (including phenoxy) is 1. The predicted octanol–water partition coefficient (Wildman–Crippen LogP) is 1.38. The minimum absolute atomic E-state index is 0.0273. The quantitative estimate of drug-likeness (QED) is 0.606. The monoisotopic (exact) mass is 320 g/mol. The van der Waals surface area contributed by atoms with Crippen LogP contribution in [0, 0.1) is 11.8 Å². The van der Waals surface area contributed by atoms with E-state index in [-0.39, 0.29) is 23.1 Å². The Hall–Kier alpha value is -1.34. The molecule has 1 aromatic rings. The summed E-state index contributed by atoms with van der Waals surface area (Å²) in [6, 6.07) is 0. The van der Waals surface area contributed by atoms with E-state index in [2.05, 4.69) is 5.10 Å². The van der Waals surface area contributed by atoms with Gasteiger partial charge >= 0.3 is 13.1 Å². The van der Waals surface area contributed by atoms with Crippen LogP contribution in [0.15, 0.2) is 12.4 Å². The molecule has 0 aromatic carbocycles. The Morgan fingerprint density at radius 2 is 2.04 bits per heavy atom. The minimum atomic E-state index is -0.395. The Balaban J connectivity index is 1.59. The molecule has 1 aliphatic carbocycles. The Morgan fingerprint density at radius 1 is 1.39 bits per heavy atom. The molecular formula is C16H25BN2O4. The van der Waals surface area contributed by atoms with Gasteiger partial charge in [0.25, 0.3) is 0 Å². The average Bonchev–Trinajstić information content (AvgIpc) is 2.97. The van der Waals surface area contributed by atoms with E-state index in [4.69, 9.17) is 14.0 Å². The van der Waals surface area contributed by atoms with Crippen LogP contribution in [0.5, 0.6) is 0 Å². The van der Waals surface area contributed by atoms with Crippen molar-refractivity contribution in [3.8, 4) is 0 Å². The lowest BCUT2D eigenvalue weighted by molar-refractivity contribution is -0.145. The second-order valence-electron chi connectivity index (χ2n) is 7.44. The van der Waals surface area contributed by atoms with E-state index in [1.807, 2.05) is 45.5 Å². The summed E-state index contributed by atoms with van der Waals surface area (Å²) in [5.41, 5.74) is 0.202. The number of rotatable bonds is 5. The van der Waals surface area contributed by atoms with Crippen molar-refractivity contribution < 1.29 is 18.8 Å². The summed E-state index contributed by atoms with van der Waals surface area (Å²) in [6.45, 7) is 11.1. The lowest BCUT2D eigenvalue weighted by Crippen LogP contribution is -2.41. The van der Waals surface area contributed by atoms with Crippen molar-refractivity contribution in [1.29, 1.82) is 0 Å². The molecular weight excluding hydrogens is 295 g/mol. The molecule has 2 fully saturated rings. The highest BCUT2D eigenvalue weighted by molar-refractivity contribution is 6.61. The Labute approximate surface area is 137 Å². The molecule has 1 aromatic heterocycles. The third-order valence-electron chi connectivity index (χ3n) is 5.11. The largest absolute Gasteiger partial charge is 0.498 e. The van der Waals surface area contributed by atoms with Gasteiger partial charge in [-0.3, -0.25) is 9.48 Å². The Kier molecular flexibility index (Phi) is 4.05. The summed E-state index contributed by atoms with van der Waals surface area (Å²) in [4.78, 5) is 11.7. The summed E-state index contributed by atoms with van der Waals surface area (Å²) in [6.07, 6.45) is 4.61. The van der Waals surface area contributed by atoms with Crippen LogP contribution in [0.25, 0.3) is 0 Å². The number of esters is 1. The maximum Gasteiger partial charge on any atom is 0.498 e. The summed E-state index contributed by atoms with van der Waals surface area (Å²) in [7, 11) is -0.395. The van der Waals surface area contributed by atoms with Crippen molar-refractivity contribution in [1.82, 2.24) is 9.78 Å². The smallest absolute Gasteiger partial charge is 0.466 e. The van der Waals surface area contributed by atoms with Gasteiger partial charge in [0.15, 0.2) is 0 Å². The highest BCUT2D eigenvalue weighted by Crippen LogP contribution is 2.40. The van der Waals surface area contributed by atoms with Gasteiger partial charge in [-0.15, -0.1) is 0 Å². The molecule has 3 rings (SSSR count). The summed E-state index contributed by atoms with van der Waals surface area (Å²) < 4.78 is 19.0. The molecule has 1 aliphatic heterocycles. The number of carbonyl (C=O) groups excluding carboxylic acids is 1. The molecule has 0 bridgehead atoms. The predicted molar refractivity (Wildman–Crippen MR) is 86.2 cm³/mol. The molecule has 0 radical (unpaired) electrons. The fourth-order valence-corrected chi connectivity index (χ4v) is 2.81. The van der Waals surface area contributed by atoms with Gasteiger partial charge < -0.3 is 14.0 Å². The van der Waals surface area contributed by atoms with E-state index in [9.17, 15) is 4.79 Å². The highest BCUT2D eigenvalue weighted by Gasteiger charge is 2.52. The molecule has 6 nitrogen and oxygen atoms in total. The van der Waals surface area contributed by atoms with Crippen LogP contribution in [-0.2, 0) is 25.4 Å². The first-order valence-electron chi connectivity index (χ1n) is 8.28. The molecule has 2 heterocycles. The fourth-order valence-electron chi connectivity index (χ4n) is 2.81. The van der Waals surface area contributed by atoms with Crippen LogP contribution in [0.3, 0.4) is 0 Å². The Morgan fingerprint density at radius 3 is 2.65 bits per heavy atom. The third-order valence-corrected chi connectivity index (χ3v) is 5.11. The van der Waals surface area contributed by atoms with Gasteiger partial charge in [-0.05, 0) is 47.0 Å². The molecule has 0 spiro atoms. The van der Waals surface area contributed by atoms with Crippen molar-refractivity contribution in [2.45, 2.75) is 58.8 Å². The number of aromatic nitrogens is 2. The maximum absolute atomic E-state index is 11.7. The maximum atomic E-state index is 11.7. The van der Waals surface area contributed by atoms with Gasteiger partial charge in [0.2, 0.25) is 0 Å². The van der Waals surface area contributed by atoms with Crippen molar-refractivity contribution in [2.75, 3.05) is 6.61 Å². The average molecular weight is 320 g/mol.